The lowest BCUT2D eigenvalue weighted by molar-refractivity contribution is 0.0487. The third kappa shape index (κ3) is 8.10. The van der Waals surface area contributed by atoms with E-state index in [1.807, 2.05) is 0 Å². The predicted molar refractivity (Wildman–Crippen MR) is 108 cm³/mol. The van der Waals surface area contributed by atoms with Crippen LogP contribution in [0.2, 0.25) is 0 Å². The summed E-state index contributed by atoms with van der Waals surface area (Å²) in [6.07, 6.45) is 0.218. The molecule has 1 rings (SSSR count). The van der Waals surface area contributed by atoms with Gasteiger partial charge in [0.15, 0.2) is 0 Å². The van der Waals surface area contributed by atoms with Crippen LogP contribution in [0.25, 0.3) is 5.57 Å². The van der Waals surface area contributed by atoms with E-state index < -0.39 is 27.9 Å². The summed E-state index contributed by atoms with van der Waals surface area (Å²) in [7, 11) is -3.70. The van der Waals surface area contributed by atoms with Gasteiger partial charge in [-0.3, -0.25) is 4.18 Å². The first-order chi connectivity index (χ1) is 12.7. The van der Waals surface area contributed by atoms with E-state index in [1.54, 1.807) is 52.0 Å². The Hall–Kier alpha value is -2.39. The van der Waals surface area contributed by atoms with E-state index in [9.17, 15) is 18.3 Å². The third-order valence-corrected chi connectivity index (χ3v) is 4.04. The van der Waals surface area contributed by atoms with E-state index in [4.69, 9.17) is 14.3 Å². The summed E-state index contributed by atoms with van der Waals surface area (Å²) in [6, 6.07) is 5.89. The van der Waals surface area contributed by atoms with Crippen molar-refractivity contribution in [3.8, 4) is 0 Å². The fourth-order valence-electron chi connectivity index (χ4n) is 2.44. The molecule has 0 saturated heterocycles. The molecule has 0 heterocycles. The van der Waals surface area contributed by atoms with Crippen molar-refractivity contribution in [1.82, 2.24) is 5.32 Å². The third-order valence-electron chi connectivity index (χ3n) is 3.48. The van der Waals surface area contributed by atoms with Crippen LogP contribution in [-0.2, 0) is 19.0 Å². The molecule has 0 aromatic heterocycles. The molecule has 1 atom stereocenters. The van der Waals surface area contributed by atoms with E-state index >= 15 is 0 Å². The number of nitrogens with one attached hydrogen (secondary N) is 2. The number of carbonyl (C=O) groups is 1. The molecule has 1 aromatic carbocycles. The van der Waals surface area contributed by atoms with Crippen molar-refractivity contribution in [1.29, 1.82) is 5.41 Å². The van der Waals surface area contributed by atoms with E-state index in [2.05, 4.69) is 5.32 Å². The Balaban J connectivity index is 3.14. The van der Waals surface area contributed by atoms with Gasteiger partial charge in [-0.1, -0.05) is 24.3 Å². The highest BCUT2D eigenvalue weighted by molar-refractivity contribution is 7.85. The second-order valence-electron chi connectivity index (χ2n) is 7.39. The summed E-state index contributed by atoms with van der Waals surface area (Å²) < 4.78 is 32.8. The van der Waals surface area contributed by atoms with Gasteiger partial charge >= 0.3 is 6.09 Å². The highest BCUT2D eigenvalue weighted by atomic mass is 32.2. The molecule has 0 bridgehead atoms. The van der Waals surface area contributed by atoms with Gasteiger partial charge in [-0.05, 0) is 45.7 Å². The van der Waals surface area contributed by atoms with Crippen LogP contribution >= 0.6 is 0 Å². The molecular weight excluding hydrogens is 384 g/mol. The monoisotopic (exact) mass is 412 g/mol. The number of hydrogen-bond acceptors (Lipinski definition) is 7. The zero-order valence-corrected chi connectivity index (χ0v) is 17.8. The average molecular weight is 413 g/mol. The number of benzene rings is 1. The molecule has 0 unspecified atom stereocenters. The van der Waals surface area contributed by atoms with Crippen LogP contribution in [0.15, 0.2) is 30.0 Å². The number of aliphatic hydroxyl groups is 1. The van der Waals surface area contributed by atoms with Crippen molar-refractivity contribution in [2.45, 2.75) is 46.3 Å². The van der Waals surface area contributed by atoms with Crippen molar-refractivity contribution >= 4 is 27.5 Å². The van der Waals surface area contributed by atoms with Crippen molar-refractivity contribution in [3.63, 3.8) is 0 Å². The first-order valence-corrected chi connectivity index (χ1v) is 10.4. The summed E-state index contributed by atoms with van der Waals surface area (Å²) in [5.74, 6) is 0.0177. The first kappa shape index (κ1) is 23.6. The van der Waals surface area contributed by atoms with Gasteiger partial charge in [-0.15, -0.1) is 0 Å². The Kier molecular flexibility index (Phi) is 7.77. The fraction of sp³-hybridized carbons (Fsp3) is 0.474. The Morgan fingerprint density at radius 2 is 1.75 bits per heavy atom. The van der Waals surface area contributed by atoms with Gasteiger partial charge in [-0.25, -0.2) is 4.79 Å². The SMILES string of the molecule is CC(=N)/C(=C(/C)O)c1ccc([C@H](COS(C)(=O)=O)NC(=O)OC(C)(C)C)cc1. The Morgan fingerprint density at radius 1 is 1.21 bits per heavy atom. The molecule has 0 aliphatic carbocycles. The number of aliphatic hydroxyl groups excluding tert-OH is 1. The molecule has 1 aromatic rings. The molecule has 0 aliphatic heterocycles. The predicted octanol–water partition coefficient (Wildman–Crippen LogP) is 3.56. The minimum Gasteiger partial charge on any atom is -0.512 e. The van der Waals surface area contributed by atoms with Gasteiger partial charge in [0.2, 0.25) is 0 Å². The van der Waals surface area contributed by atoms with Gasteiger partial charge in [0.25, 0.3) is 10.1 Å². The molecule has 0 aliphatic rings. The Labute approximate surface area is 166 Å². The molecule has 8 nitrogen and oxygen atoms in total. The molecule has 0 spiro atoms. The van der Waals surface area contributed by atoms with Gasteiger partial charge in [0.05, 0.1) is 24.7 Å². The van der Waals surface area contributed by atoms with Crippen molar-refractivity contribution in [2.75, 3.05) is 12.9 Å². The van der Waals surface area contributed by atoms with E-state index in [0.717, 1.165) is 6.26 Å². The number of ether oxygens (including phenoxy) is 1. The van der Waals surface area contributed by atoms with Crippen molar-refractivity contribution < 1.29 is 27.2 Å². The van der Waals surface area contributed by atoms with Crippen LogP contribution in [0.3, 0.4) is 0 Å². The second-order valence-corrected chi connectivity index (χ2v) is 9.04. The Morgan fingerprint density at radius 3 is 2.14 bits per heavy atom. The highest BCUT2D eigenvalue weighted by Gasteiger charge is 2.22. The highest BCUT2D eigenvalue weighted by Crippen LogP contribution is 2.23. The standard InChI is InChI=1S/C19H28N2O6S/c1-12(20)17(13(2)22)15-9-7-14(8-10-15)16(11-26-28(6,24)25)21-18(23)27-19(3,4)5/h7-10,16,20,22H,11H2,1-6H3,(H,21,23)/b17-13+,20-12?/t16-/m0/s1. The molecule has 9 heteroatoms. The number of carbonyl (C=O) groups excluding carboxylic acids is 1. The number of alkyl carbamates (subject to hydrolysis) is 1. The maximum atomic E-state index is 12.1. The van der Waals surface area contributed by atoms with Gasteiger partial charge < -0.3 is 20.6 Å². The molecule has 0 fully saturated rings. The van der Waals surface area contributed by atoms with Crippen LogP contribution in [-0.4, -0.2) is 43.8 Å². The normalized spacial score (nSPS) is 14.1. The number of rotatable bonds is 7. The lowest BCUT2D eigenvalue weighted by atomic mass is 9.98. The quantitative estimate of drug-likeness (QED) is 0.357. The second kappa shape index (κ2) is 9.20. The largest absolute Gasteiger partial charge is 0.512 e. The zero-order chi connectivity index (χ0) is 21.7. The molecule has 0 saturated carbocycles. The van der Waals surface area contributed by atoms with Crippen LogP contribution < -0.4 is 5.32 Å². The average Bonchev–Trinajstić information content (AvgIpc) is 2.49. The number of amides is 1. The van der Waals surface area contributed by atoms with Crippen LogP contribution in [0.1, 0.15) is 51.8 Å². The summed E-state index contributed by atoms with van der Waals surface area (Å²) in [5.41, 5.74) is 1.09. The van der Waals surface area contributed by atoms with Crippen LogP contribution in [0.5, 0.6) is 0 Å². The van der Waals surface area contributed by atoms with Crippen LogP contribution in [0.4, 0.5) is 4.79 Å². The van der Waals surface area contributed by atoms with Crippen molar-refractivity contribution in [2.24, 2.45) is 0 Å². The molecule has 156 valence electrons. The minimum atomic E-state index is -3.70. The maximum Gasteiger partial charge on any atom is 0.408 e. The summed E-state index contributed by atoms with van der Waals surface area (Å²) in [4.78, 5) is 12.1. The molecular formula is C19H28N2O6S. The van der Waals surface area contributed by atoms with Crippen molar-refractivity contribution in [3.05, 3.63) is 41.2 Å². The summed E-state index contributed by atoms with van der Waals surface area (Å²) >= 11 is 0. The summed E-state index contributed by atoms with van der Waals surface area (Å²) in [5, 5.41) is 20.2. The fourth-order valence-corrected chi connectivity index (χ4v) is 2.82. The van der Waals surface area contributed by atoms with Gasteiger partial charge in [-0.2, -0.15) is 8.42 Å². The molecule has 28 heavy (non-hydrogen) atoms. The van der Waals surface area contributed by atoms with E-state index in [1.165, 1.54) is 6.92 Å². The topological polar surface area (TPSA) is 126 Å². The minimum absolute atomic E-state index is 0.0177. The smallest absolute Gasteiger partial charge is 0.408 e. The van der Waals surface area contributed by atoms with Crippen LogP contribution in [0, 0.1) is 5.41 Å². The Bertz CT molecular complexity index is 847. The lowest BCUT2D eigenvalue weighted by Crippen LogP contribution is -2.37. The number of allylic oxidation sites excluding steroid dienone is 2. The summed E-state index contributed by atoms with van der Waals surface area (Å²) in [6.45, 7) is 7.91. The molecule has 0 radical (unpaired) electrons. The lowest BCUT2D eigenvalue weighted by Gasteiger charge is -2.24. The first-order valence-electron chi connectivity index (χ1n) is 8.59. The van der Waals surface area contributed by atoms with E-state index in [0.29, 0.717) is 16.7 Å². The van der Waals surface area contributed by atoms with E-state index in [-0.39, 0.29) is 18.1 Å². The van der Waals surface area contributed by atoms with Gasteiger partial charge in [0.1, 0.15) is 5.60 Å². The maximum absolute atomic E-state index is 12.1. The zero-order valence-electron chi connectivity index (χ0n) is 17.0. The molecule has 3 N–H and O–H groups in total. The molecule has 1 amide bonds. The van der Waals surface area contributed by atoms with Gasteiger partial charge in [0, 0.05) is 11.3 Å². The number of hydrogen-bond donors (Lipinski definition) is 3.